The van der Waals surface area contributed by atoms with E-state index in [2.05, 4.69) is 5.32 Å². The van der Waals surface area contributed by atoms with Crippen molar-refractivity contribution in [2.75, 3.05) is 5.32 Å². The lowest BCUT2D eigenvalue weighted by Gasteiger charge is -2.37. The highest BCUT2D eigenvalue weighted by molar-refractivity contribution is 5.96. The standard InChI is InChI=1S/C26H28F3NO3/c27-26(28,29)20-11-9-19(10-12-20)22(18-6-1-2-7-18)23(31)30-21-8-3-5-17(15-21)16-25(24(32)33)13-4-14-25/h3,5,8-12,15,18,22H,1-2,4,6-7,13-14,16H2,(H,30,31)(H,32,33)/t22-/m0/s1. The molecular formula is C26H28F3NO3. The van der Waals surface area contributed by atoms with Gasteiger partial charge in [0.25, 0.3) is 0 Å². The fourth-order valence-corrected chi connectivity index (χ4v) is 5.25. The van der Waals surface area contributed by atoms with E-state index in [0.717, 1.165) is 49.8 Å². The molecule has 1 atom stereocenters. The van der Waals surface area contributed by atoms with Gasteiger partial charge in [-0.3, -0.25) is 9.59 Å². The number of hydrogen-bond donors (Lipinski definition) is 2. The molecular weight excluding hydrogens is 431 g/mol. The normalized spacial score (nSPS) is 19.0. The summed E-state index contributed by atoms with van der Waals surface area (Å²) in [6.07, 6.45) is 1.92. The lowest BCUT2D eigenvalue weighted by atomic mass is 9.65. The second kappa shape index (κ2) is 9.20. The van der Waals surface area contributed by atoms with Gasteiger partial charge in [-0.15, -0.1) is 0 Å². The van der Waals surface area contributed by atoms with Gasteiger partial charge in [0.05, 0.1) is 16.9 Å². The van der Waals surface area contributed by atoms with Gasteiger partial charge in [-0.2, -0.15) is 13.2 Å². The maximum atomic E-state index is 13.3. The van der Waals surface area contributed by atoms with Gasteiger partial charge >= 0.3 is 12.1 Å². The number of benzene rings is 2. The van der Waals surface area contributed by atoms with Crippen LogP contribution in [0.3, 0.4) is 0 Å². The molecule has 2 N–H and O–H groups in total. The molecule has 0 bridgehead atoms. The summed E-state index contributed by atoms with van der Waals surface area (Å²) in [4.78, 5) is 25.0. The van der Waals surface area contributed by atoms with Gasteiger partial charge in [0.15, 0.2) is 0 Å². The molecule has 0 heterocycles. The van der Waals surface area contributed by atoms with Gasteiger partial charge in [-0.05, 0) is 73.4 Å². The van der Waals surface area contributed by atoms with Crippen LogP contribution in [0.1, 0.15) is 67.6 Å². The monoisotopic (exact) mass is 459 g/mol. The average molecular weight is 460 g/mol. The van der Waals surface area contributed by atoms with Gasteiger partial charge in [-0.25, -0.2) is 0 Å². The predicted molar refractivity (Wildman–Crippen MR) is 119 cm³/mol. The number of amides is 1. The van der Waals surface area contributed by atoms with Crippen LogP contribution in [0, 0.1) is 11.3 Å². The highest BCUT2D eigenvalue weighted by Gasteiger charge is 2.44. The molecule has 0 saturated heterocycles. The highest BCUT2D eigenvalue weighted by atomic mass is 19.4. The average Bonchev–Trinajstić information content (AvgIpc) is 3.25. The molecule has 2 aromatic carbocycles. The fraction of sp³-hybridized carbons (Fsp3) is 0.462. The summed E-state index contributed by atoms with van der Waals surface area (Å²) in [5, 5.41) is 12.6. The molecule has 0 aliphatic heterocycles. The number of anilines is 1. The first-order chi connectivity index (χ1) is 15.7. The van der Waals surface area contributed by atoms with Crippen molar-refractivity contribution in [3.63, 3.8) is 0 Å². The maximum Gasteiger partial charge on any atom is 0.416 e. The van der Waals surface area contributed by atoms with Crippen LogP contribution in [0.25, 0.3) is 0 Å². The Balaban J connectivity index is 1.53. The molecule has 7 heteroatoms. The Labute approximate surface area is 191 Å². The van der Waals surface area contributed by atoms with Gasteiger partial charge < -0.3 is 10.4 Å². The Kier molecular flexibility index (Phi) is 6.50. The number of halogens is 3. The van der Waals surface area contributed by atoms with Crippen molar-refractivity contribution in [3.8, 4) is 0 Å². The molecule has 0 radical (unpaired) electrons. The van der Waals surface area contributed by atoms with E-state index in [1.54, 1.807) is 18.2 Å². The lowest BCUT2D eigenvalue weighted by Crippen LogP contribution is -2.39. The molecule has 2 saturated carbocycles. The number of alkyl halides is 3. The fourth-order valence-electron chi connectivity index (χ4n) is 5.25. The molecule has 2 aromatic rings. The summed E-state index contributed by atoms with van der Waals surface area (Å²) in [7, 11) is 0. The topological polar surface area (TPSA) is 66.4 Å². The Hall–Kier alpha value is -2.83. The van der Waals surface area contributed by atoms with Gasteiger partial charge in [0.1, 0.15) is 0 Å². The van der Waals surface area contributed by atoms with Crippen LogP contribution in [0.5, 0.6) is 0 Å². The molecule has 0 unspecified atom stereocenters. The van der Waals surface area contributed by atoms with Crippen LogP contribution in [0.4, 0.5) is 18.9 Å². The van der Waals surface area contributed by atoms with Crippen molar-refractivity contribution in [1.82, 2.24) is 0 Å². The summed E-state index contributed by atoms with van der Waals surface area (Å²) >= 11 is 0. The summed E-state index contributed by atoms with van der Waals surface area (Å²) < 4.78 is 39.0. The molecule has 0 spiro atoms. The summed E-state index contributed by atoms with van der Waals surface area (Å²) in [6, 6.07) is 12.1. The summed E-state index contributed by atoms with van der Waals surface area (Å²) in [6.45, 7) is 0. The predicted octanol–water partition coefficient (Wildman–Crippen LogP) is 6.42. The van der Waals surface area contributed by atoms with Crippen molar-refractivity contribution in [2.45, 2.75) is 63.5 Å². The smallest absolute Gasteiger partial charge is 0.416 e. The molecule has 2 fully saturated rings. The SMILES string of the molecule is O=C(Nc1cccc(CC2(C(=O)O)CCC2)c1)[C@H](c1ccc(C(F)(F)F)cc1)C1CCCC1. The van der Waals surface area contributed by atoms with Crippen LogP contribution in [-0.2, 0) is 22.2 Å². The lowest BCUT2D eigenvalue weighted by molar-refractivity contribution is -0.154. The molecule has 1 amide bonds. The zero-order valence-electron chi connectivity index (χ0n) is 18.3. The highest BCUT2D eigenvalue weighted by Crippen LogP contribution is 2.44. The number of carbonyl (C=O) groups excluding carboxylic acids is 1. The first kappa shape index (κ1) is 23.3. The number of carboxylic acids is 1. The largest absolute Gasteiger partial charge is 0.481 e. The molecule has 2 aliphatic carbocycles. The number of rotatable bonds is 7. The number of carbonyl (C=O) groups is 2. The second-order valence-corrected chi connectivity index (χ2v) is 9.45. The minimum absolute atomic E-state index is 0.0789. The van der Waals surface area contributed by atoms with Crippen molar-refractivity contribution >= 4 is 17.6 Å². The quantitative estimate of drug-likeness (QED) is 0.502. The minimum atomic E-state index is -4.42. The van der Waals surface area contributed by atoms with E-state index < -0.39 is 29.0 Å². The molecule has 4 nitrogen and oxygen atoms in total. The van der Waals surface area contributed by atoms with Crippen LogP contribution in [0.2, 0.25) is 0 Å². The maximum absolute atomic E-state index is 13.3. The Bertz CT molecular complexity index is 1010. The van der Waals surface area contributed by atoms with Crippen molar-refractivity contribution in [1.29, 1.82) is 0 Å². The van der Waals surface area contributed by atoms with Gasteiger partial charge in [-0.1, -0.05) is 43.5 Å². The third-order valence-corrected chi connectivity index (χ3v) is 7.25. The van der Waals surface area contributed by atoms with E-state index in [4.69, 9.17) is 0 Å². The molecule has 33 heavy (non-hydrogen) atoms. The molecule has 176 valence electrons. The van der Waals surface area contributed by atoms with Crippen LogP contribution < -0.4 is 5.32 Å². The number of hydrogen-bond acceptors (Lipinski definition) is 2. The first-order valence-electron chi connectivity index (χ1n) is 11.5. The third kappa shape index (κ3) is 5.07. The zero-order chi connectivity index (χ0) is 23.6. The van der Waals surface area contributed by atoms with Crippen LogP contribution in [-0.4, -0.2) is 17.0 Å². The zero-order valence-corrected chi connectivity index (χ0v) is 18.3. The van der Waals surface area contributed by atoms with Crippen molar-refractivity contribution in [2.24, 2.45) is 11.3 Å². The van der Waals surface area contributed by atoms with E-state index in [0.29, 0.717) is 30.5 Å². The Morgan fingerprint density at radius 1 is 1.03 bits per heavy atom. The Morgan fingerprint density at radius 2 is 1.70 bits per heavy atom. The first-order valence-corrected chi connectivity index (χ1v) is 11.5. The number of nitrogens with one attached hydrogen (secondary N) is 1. The molecule has 2 aliphatic rings. The van der Waals surface area contributed by atoms with E-state index in [-0.39, 0.29) is 11.8 Å². The number of aliphatic carboxylic acids is 1. The minimum Gasteiger partial charge on any atom is -0.481 e. The third-order valence-electron chi connectivity index (χ3n) is 7.25. The van der Waals surface area contributed by atoms with Crippen LogP contribution in [0.15, 0.2) is 48.5 Å². The summed E-state index contributed by atoms with van der Waals surface area (Å²) in [5.41, 5.74) is 0.555. The van der Waals surface area contributed by atoms with E-state index in [1.165, 1.54) is 12.1 Å². The summed E-state index contributed by atoms with van der Waals surface area (Å²) in [5.74, 6) is -1.48. The number of carboxylic acid groups (broad SMARTS) is 1. The van der Waals surface area contributed by atoms with E-state index in [1.807, 2.05) is 6.07 Å². The van der Waals surface area contributed by atoms with Crippen LogP contribution >= 0.6 is 0 Å². The molecule has 4 rings (SSSR count). The van der Waals surface area contributed by atoms with Crippen molar-refractivity contribution in [3.05, 3.63) is 65.2 Å². The second-order valence-electron chi connectivity index (χ2n) is 9.45. The van der Waals surface area contributed by atoms with E-state index >= 15 is 0 Å². The van der Waals surface area contributed by atoms with Crippen molar-refractivity contribution < 1.29 is 27.9 Å². The van der Waals surface area contributed by atoms with Gasteiger partial charge in [0, 0.05) is 5.69 Å². The Morgan fingerprint density at radius 3 is 2.24 bits per heavy atom. The van der Waals surface area contributed by atoms with E-state index in [9.17, 15) is 27.9 Å². The molecule has 0 aromatic heterocycles. The van der Waals surface area contributed by atoms with Gasteiger partial charge in [0.2, 0.25) is 5.91 Å².